The highest BCUT2D eigenvalue weighted by Gasteiger charge is 2.20. The van der Waals surface area contributed by atoms with Crippen molar-refractivity contribution in [2.45, 2.75) is 33.9 Å². The zero-order chi connectivity index (χ0) is 22.8. The molecule has 0 saturated heterocycles. The fourth-order valence-corrected chi connectivity index (χ4v) is 4.05. The first-order valence-electron chi connectivity index (χ1n) is 10.5. The zero-order valence-corrected chi connectivity index (χ0v) is 19.1. The minimum atomic E-state index is -0.442. The standard InChI is InChI=1S/C27H24ClFN2O/c1-17-6-4-7-20(12-17)15-31(27(32)22-8-5-9-24(29)14-22)16-23-13-21-11-10-18(2)19(3)25(21)30-26(23)28/h4-14H,15-16H2,1-3H3. The Morgan fingerprint density at radius 1 is 0.969 bits per heavy atom. The molecule has 0 saturated carbocycles. The number of nitrogens with zero attached hydrogens (tertiary/aromatic N) is 2. The Balaban J connectivity index is 1.73. The number of hydrogen-bond donors (Lipinski definition) is 0. The lowest BCUT2D eigenvalue weighted by atomic mass is 10.0. The summed E-state index contributed by atoms with van der Waals surface area (Å²) in [6, 6.07) is 19.8. The van der Waals surface area contributed by atoms with Gasteiger partial charge in [0.05, 0.1) is 5.52 Å². The number of hydrogen-bond acceptors (Lipinski definition) is 2. The van der Waals surface area contributed by atoms with Gasteiger partial charge in [0.2, 0.25) is 0 Å². The summed E-state index contributed by atoms with van der Waals surface area (Å²) in [6.07, 6.45) is 0. The van der Waals surface area contributed by atoms with Crippen LogP contribution in [0.1, 0.15) is 38.2 Å². The molecule has 32 heavy (non-hydrogen) atoms. The van der Waals surface area contributed by atoms with Gasteiger partial charge in [0.25, 0.3) is 5.91 Å². The van der Waals surface area contributed by atoms with Crippen LogP contribution in [-0.4, -0.2) is 15.8 Å². The monoisotopic (exact) mass is 446 g/mol. The number of aromatic nitrogens is 1. The molecule has 0 aliphatic heterocycles. The van der Waals surface area contributed by atoms with Crippen LogP contribution < -0.4 is 0 Å². The van der Waals surface area contributed by atoms with E-state index in [9.17, 15) is 9.18 Å². The van der Waals surface area contributed by atoms with Crippen LogP contribution in [0, 0.1) is 26.6 Å². The van der Waals surface area contributed by atoms with Crippen LogP contribution in [0.2, 0.25) is 5.15 Å². The van der Waals surface area contributed by atoms with Crippen LogP contribution in [0.15, 0.2) is 66.7 Å². The molecule has 4 aromatic rings. The zero-order valence-electron chi connectivity index (χ0n) is 18.3. The Hall–Kier alpha value is -3.24. The number of rotatable bonds is 5. The number of carbonyl (C=O) groups is 1. The molecule has 0 N–H and O–H groups in total. The van der Waals surface area contributed by atoms with Crippen LogP contribution in [0.5, 0.6) is 0 Å². The first-order valence-corrected chi connectivity index (χ1v) is 10.9. The largest absolute Gasteiger partial charge is 0.330 e. The summed E-state index contributed by atoms with van der Waals surface area (Å²) in [4.78, 5) is 19.7. The van der Waals surface area contributed by atoms with Gasteiger partial charge in [-0.1, -0.05) is 59.6 Å². The van der Waals surface area contributed by atoms with E-state index in [1.54, 1.807) is 17.0 Å². The number of benzene rings is 3. The number of carbonyl (C=O) groups excluding carboxylic acids is 1. The summed E-state index contributed by atoms with van der Waals surface area (Å²) in [6.45, 7) is 6.71. The SMILES string of the molecule is Cc1cccc(CN(Cc2cc3ccc(C)c(C)c3nc2Cl)C(=O)c2cccc(F)c2)c1. The van der Waals surface area contributed by atoms with E-state index in [4.69, 9.17) is 11.6 Å². The Morgan fingerprint density at radius 2 is 1.75 bits per heavy atom. The Labute approximate surface area is 192 Å². The smallest absolute Gasteiger partial charge is 0.254 e. The number of amides is 1. The molecule has 0 bridgehead atoms. The van der Waals surface area contributed by atoms with Gasteiger partial charge in [-0.3, -0.25) is 4.79 Å². The molecule has 0 aliphatic rings. The van der Waals surface area contributed by atoms with Crippen molar-refractivity contribution in [1.29, 1.82) is 0 Å². The fraction of sp³-hybridized carbons (Fsp3) is 0.185. The summed E-state index contributed by atoms with van der Waals surface area (Å²) in [5, 5.41) is 1.34. The highest BCUT2D eigenvalue weighted by Crippen LogP contribution is 2.27. The van der Waals surface area contributed by atoms with E-state index in [0.29, 0.717) is 17.3 Å². The van der Waals surface area contributed by atoms with Crippen LogP contribution in [-0.2, 0) is 13.1 Å². The lowest BCUT2D eigenvalue weighted by Gasteiger charge is -2.24. The fourth-order valence-electron chi connectivity index (χ4n) is 3.86. The molecule has 0 fully saturated rings. The molecular formula is C27H24ClFN2O. The predicted molar refractivity (Wildman–Crippen MR) is 127 cm³/mol. The first-order chi connectivity index (χ1) is 15.3. The number of halogens is 2. The molecule has 162 valence electrons. The molecule has 0 spiro atoms. The Morgan fingerprint density at radius 3 is 2.50 bits per heavy atom. The molecule has 1 aromatic heterocycles. The van der Waals surface area contributed by atoms with E-state index < -0.39 is 5.82 Å². The molecule has 4 rings (SSSR count). The van der Waals surface area contributed by atoms with E-state index in [2.05, 4.69) is 11.1 Å². The van der Waals surface area contributed by atoms with Gasteiger partial charge in [-0.2, -0.15) is 0 Å². The number of pyridine rings is 1. The topological polar surface area (TPSA) is 33.2 Å². The van der Waals surface area contributed by atoms with Crippen molar-refractivity contribution in [3.63, 3.8) is 0 Å². The summed E-state index contributed by atoms with van der Waals surface area (Å²) >= 11 is 6.57. The van der Waals surface area contributed by atoms with Crippen molar-refractivity contribution >= 4 is 28.4 Å². The first kappa shape index (κ1) is 22.0. The van der Waals surface area contributed by atoms with Crippen LogP contribution in [0.3, 0.4) is 0 Å². The number of aryl methyl sites for hydroxylation is 3. The quantitative estimate of drug-likeness (QED) is 0.316. The van der Waals surface area contributed by atoms with Crippen molar-refractivity contribution in [1.82, 2.24) is 9.88 Å². The predicted octanol–water partition coefficient (Wildman–Crippen LogP) is 6.80. The molecule has 0 unspecified atom stereocenters. The van der Waals surface area contributed by atoms with Gasteiger partial charge in [-0.25, -0.2) is 9.37 Å². The van der Waals surface area contributed by atoms with Gasteiger partial charge in [-0.15, -0.1) is 0 Å². The van der Waals surface area contributed by atoms with E-state index in [1.807, 2.05) is 57.2 Å². The van der Waals surface area contributed by atoms with Crippen molar-refractivity contribution in [3.05, 3.63) is 111 Å². The van der Waals surface area contributed by atoms with Crippen LogP contribution in [0.25, 0.3) is 10.9 Å². The molecule has 1 amide bonds. The maximum Gasteiger partial charge on any atom is 0.254 e. The third kappa shape index (κ3) is 4.66. The van der Waals surface area contributed by atoms with Crippen LogP contribution >= 0.6 is 11.6 Å². The average molecular weight is 447 g/mol. The molecule has 0 aliphatic carbocycles. The van der Waals surface area contributed by atoms with Gasteiger partial charge in [-0.05, 0) is 61.7 Å². The maximum atomic E-state index is 13.8. The summed E-state index contributed by atoms with van der Waals surface area (Å²) in [5.74, 6) is -0.704. The lowest BCUT2D eigenvalue weighted by Crippen LogP contribution is -2.30. The summed E-state index contributed by atoms with van der Waals surface area (Å²) < 4.78 is 13.8. The van der Waals surface area contributed by atoms with Crippen molar-refractivity contribution in [2.75, 3.05) is 0 Å². The van der Waals surface area contributed by atoms with Crippen molar-refractivity contribution < 1.29 is 9.18 Å². The third-order valence-electron chi connectivity index (χ3n) is 5.71. The van der Waals surface area contributed by atoms with E-state index >= 15 is 0 Å². The normalized spacial score (nSPS) is 11.0. The molecule has 0 radical (unpaired) electrons. The van der Waals surface area contributed by atoms with Crippen molar-refractivity contribution in [2.24, 2.45) is 0 Å². The van der Waals surface area contributed by atoms with Gasteiger partial charge in [0.15, 0.2) is 0 Å². The summed E-state index contributed by atoms with van der Waals surface area (Å²) in [5.41, 5.74) is 6.25. The minimum Gasteiger partial charge on any atom is -0.330 e. The van der Waals surface area contributed by atoms with E-state index in [1.165, 1.54) is 12.1 Å². The second kappa shape index (κ2) is 9.09. The third-order valence-corrected chi connectivity index (χ3v) is 6.04. The highest BCUT2D eigenvalue weighted by atomic mass is 35.5. The minimum absolute atomic E-state index is 0.262. The maximum absolute atomic E-state index is 13.8. The second-order valence-electron chi connectivity index (χ2n) is 8.18. The molecule has 3 nitrogen and oxygen atoms in total. The van der Waals surface area contributed by atoms with Gasteiger partial charge < -0.3 is 4.90 Å². The lowest BCUT2D eigenvalue weighted by molar-refractivity contribution is 0.0729. The Kier molecular flexibility index (Phi) is 6.24. The van der Waals surface area contributed by atoms with Crippen molar-refractivity contribution in [3.8, 4) is 0 Å². The molecular weight excluding hydrogens is 423 g/mol. The highest BCUT2D eigenvalue weighted by molar-refractivity contribution is 6.30. The van der Waals surface area contributed by atoms with Crippen LogP contribution in [0.4, 0.5) is 4.39 Å². The molecule has 5 heteroatoms. The second-order valence-corrected chi connectivity index (χ2v) is 8.54. The van der Waals surface area contributed by atoms with Gasteiger partial charge in [0, 0.05) is 29.6 Å². The molecule has 1 heterocycles. The molecule has 0 atom stereocenters. The summed E-state index contributed by atoms with van der Waals surface area (Å²) in [7, 11) is 0. The van der Waals surface area contributed by atoms with E-state index in [0.717, 1.165) is 38.7 Å². The van der Waals surface area contributed by atoms with Gasteiger partial charge >= 0.3 is 0 Å². The van der Waals surface area contributed by atoms with E-state index in [-0.39, 0.29) is 12.5 Å². The number of fused-ring (bicyclic) bond motifs is 1. The Bertz CT molecular complexity index is 1320. The average Bonchev–Trinajstić information content (AvgIpc) is 2.76. The molecule has 3 aromatic carbocycles. The van der Waals surface area contributed by atoms with Gasteiger partial charge in [0.1, 0.15) is 11.0 Å².